The molecular weight excluding hydrogens is 218 g/mol. The molecule has 0 aromatic heterocycles. The summed E-state index contributed by atoms with van der Waals surface area (Å²) in [5.41, 5.74) is 7.37. The van der Waals surface area contributed by atoms with Gasteiger partial charge in [0, 0.05) is 12.8 Å². The molecule has 17 heavy (non-hydrogen) atoms. The van der Waals surface area contributed by atoms with E-state index in [2.05, 4.69) is 0 Å². The van der Waals surface area contributed by atoms with Crippen LogP contribution in [-0.4, -0.2) is 25.2 Å². The van der Waals surface area contributed by atoms with Crippen LogP contribution in [0.3, 0.4) is 0 Å². The molecule has 1 unspecified atom stereocenters. The zero-order valence-electron chi connectivity index (χ0n) is 10.2. The quantitative estimate of drug-likeness (QED) is 0.796. The van der Waals surface area contributed by atoms with Crippen LogP contribution < -0.4 is 10.5 Å². The predicted molar refractivity (Wildman–Crippen MR) is 64.0 cm³/mol. The van der Waals surface area contributed by atoms with E-state index in [9.17, 15) is 4.79 Å². The predicted octanol–water partition coefficient (Wildman–Crippen LogP) is 1.05. The lowest BCUT2D eigenvalue weighted by Gasteiger charge is -2.20. The van der Waals surface area contributed by atoms with E-state index in [4.69, 9.17) is 15.2 Å². The lowest BCUT2D eigenvalue weighted by molar-refractivity contribution is -0.149. The second-order valence-electron chi connectivity index (χ2n) is 4.36. The molecule has 2 N–H and O–H groups in total. The highest BCUT2D eigenvalue weighted by Gasteiger charge is 2.41. The van der Waals surface area contributed by atoms with Crippen LogP contribution in [0.15, 0.2) is 18.2 Å². The third-order valence-corrected chi connectivity index (χ3v) is 3.11. The Morgan fingerprint density at radius 1 is 1.41 bits per heavy atom. The van der Waals surface area contributed by atoms with Gasteiger partial charge in [0.2, 0.25) is 0 Å². The third-order valence-electron chi connectivity index (χ3n) is 3.11. The molecule has 0 aliphatic heterocycles. The van der Waals surface area contributed by atoms with Crippen LogP contribution >= 0.6 is 0 Å². The monoisotopic (exact) mass is 235 g/mol. The van der Waals surface area contributed by atoms with Gasteiger partial charge in [-0.05, 0) is 30.2 Å². The summed E-state index contributed by atoms with van der Waals surface area (Å²) in [5, 5.41) is 0. The Morgan fingerprint density at radius 3 is 2.76 bits per heavy atom. The van der Waals surface area contributed by atoms with E-state index >= 15 is 0 Å². The first kappa shape index (κ1) is 11.9. The summed E-state index contributed by atoms with van der Waals surface area (Å²) in [4.78, 5) is 11.8. The molecule has 1 aliphatic carbocycles. The average molecular weight is 235 g/mol. The molecule has 0 fully saturated rings. The van der Waals surface area contributed by atoms with E-state index in [0.29, 0.717) is 19.4 Å². The molecule has 92 valence electrons. The van der Waals surface area contributed by atoms with Gasteiger partial charge in [-0.2, -0.15) is 0 Å². The fourth-order valence-corrected chi connectivity index (χ4v) is 2.23. The maximum Gasteiger partial charge on any atom is 0.326 e. The van der Waals surface area contributed by atoms with Gasteiger partial charge in [-0.25, -0.2) is 0 Å². The maximum absolute atomic E-state index is 11.8. The average Bonchev–Trinajstić information content (AvgIpc) is 2.65. The van der Waals surface area contributed by atoms with Crippen molar-refractivity contribution in [2.75, 3.05) is 13.7 Å². The first-order chi connectivity index (χ1) is 8.09. The molecule has 4 nitrogen and oxygen atoms in total. The van der Waals surface area contributed by atoms with Gasteiger partial charge >= 0.3 is 5.97 Å². The van der Waals surface area contributed by atoms with Crippen molar-refractivity contribution < 1.29 is 14.3 Å². The summed E-state index contributed by atoms with van der Waals surface area (Å²) in [5.74, 6) is 0.465. The van der Waals surface area contributed by atoms with Crippen LogP contribution in [0.2, 0.25) is 0 Å². The van der Waals surface area contributed by atoms with Crippen LogP contribution in [0.25, 0.3) is 0 Å². The standard InChI is InChI=1S/C13H17NO3/c1-3-17-12(15)13(14)7-9-4-5-11(16-2)6-10(9)8-13/h4-6H,3,7-8,14H2,1-2H3. The van der Waals surface area contributed by atoms with E-state index in [1.165, 1.54) is 0 Å². The highest BCUT2D eigenvalue weighted by Crippen LogP contribution is 2.31. The summed E-state index contributed by atoms with van der Waals surface area (Å²) in [6.07, 6.45) is 1.05. The summed E-state index contributed by atoms with van der Waals surface area (Å²) >= 11 is 0. The van der Waals surface area contributed by atoms with Crippen molar-refractivity contribution in [3.63, 3.8) is 0 Å². The number of methoxy groups -OCH3 is 1. The number of rotatable bonds is 3. The number of benzene rings is 1. The van der Waals surface area contributed by atoms with Crippen molar-refractivity contribution in [1.29, 1.82) is 0 Å². The number of carbonyl (C=O) groups is 1. The molecule has 1 atom stereocenters. The number of carbonyl (C=O) groups excluding carboxylic acids is 1. The summed E-state index contributed by atoms with van der Waals surface area (Å²) < 4.78 is 10.2. The number of esters is 1. The van der Waals surface area contributed by atoms with Gasteiger partial charge in [0.25, 0.3) is 0 Å². The van der Waals surface area contributed by atoms with Crippen molar-refractivity contribution in [3.05, 3.63) is 29.3 Å². The van der Waals surface area contributed by atoms with Crippen molar-refractivity contribution in [2.24, 2.45) is 5.73 Å². The maximum atomic E-state index is 11.8. The van der Waals surface area contributed by atoms with Gasteiger partial charge in [-0.15, -0.1) is 0 Å². The van der Waals surface area contributed by atoms with Crippen LogP contribution in [0.1, 0.15) is 18.1 Å². The molecule has 0 radical (unpaired) electrons. The Morgan fingerprint density at radius 2 is 2.12 bits per heavy atom. The van der Waals surface area contributed by atoms with Gasteiger partial charge < -0.3 is 15.2 Å². The van der Waals surface area contributed by atoms with Gasteiger partial charge in [-0.1, -0.05) is 6.07 Å². The Hall–Kier alpha value is -1.55. The number of fused-ring (bicyclic) bond motifs is 1. The molecule has 0 saturated heterocycles. The molecule has 1 aliphatic rings. The normalized spacial score (nSPS) is 22.1. The van der Waals surface area contributed by atoms with Crippen molar-refractivity contribution >= 4 is 5.97 Å². The minimum absolute atomic E-state index is 0.324. The van der Waals surface area contributed by atoms with Crippen LogP contribution in [0, 0.1) is 0 Å². The largest absolute Gasteiger partial charge is 0.497 e. The summed E-state index contributed by atoms with van der Waals surface area (Å²) in [6, 6.07) is 5.78. The molecule has 4 heteroatoms. The van der Waals surface area contributed by atoms with Crippen LogP contribution in [0.4, 0.5) is 0 Å². The number of nitrogens with two attached hydrogens (primary N) is 1. The second kappa shape index (κ2) is 4.37. The minimum atomic E-state index is -0.912. The Balaban J connectivity index is 2.23. The molecule has 0 spiro atoms. The molecule has 0 bridgehead atoms. The highest BCUT2D eigenvalue weighted by atomic mass is 16.5. The van der Waals surface area contributed by atoms with Crippen molar-refractivity contribution in [3.8, 4) is 5.75 Å². The summed E-state index contributed by atoms with van der Waals surface area (Å²) in [7, 11) is 1.62. The van der Waals surface area contributed by atoms with E-state index < -0.39 is 5.54 Å². The van der Waals surface area contributed by atoms with E-state index in [0.717, 1.165) is 16.9 Å². The highest BCUT2D eigenvalue weighted by molar-refractivity contribution is 5.83. The molecular formula is C13H17NO3. The van der Waals surface area contributed by atoms with Gasteiger partial charge in [-0.3, -0.25) is 4.79 Å². The van der Waals surface area contributed by atoms with Crippen LogP contribution in [-0.2, 0) is 22.4 Å². The van der Waals surface area contributed by atoms with Crippen molar-refractivity contribution in [2.45, 2.75) is 25.3 Å². The first-order valence-corrected chi connectivity index (χ1v) is 5.71. The third kappa shape index (κ3) is 2.13. The molecule has 0 saturated carbocycles. The lowest BCUT2D eigenvalue weighted by Crippen LogP contribution is -2.50. The first-order valence-electron chi connectivity index (χ1n) is 5.71. The fourth-order valence-electron chi connectivity index (χ4n) is 2.23. The van der Waals surface area contributed by atoms with Gasteiger partial charge in [0.05, 0.1) is 13.7 Å². The summed E-state index contributed by atoms with van der Waals surface area (Å²) in [6.45, 7) is 2.14. The lowest BCUT2D eigenvalue weighted by atomic mass is 9.98. The fraction of sp³-hybridized carbons (Fsp3) is 0.462. The molecule has 0 heterocycles. The Labute approximate surface area is 101 Å². The van der Waals surface area contributed by atoms with E-state index in [-0.39, 0.29) is 5.97 Å². The second-order valence-corrected chi connectivity index (χ2v) is 4.36. The van der Waals surface area contributed by atoms with Crippen LogP contribution in [0.5, 0.6) is 5.75 Å². The van der Waals surface area contributed by atoms with E-state index in [1.54, 1.807) is 14.0 Å². The SMILES string of the molecule is CCOC(=O)C1(N)Cc2ccc(OC)cc2C1. The van der Waals surface area contributed by atoms with Crippen molar-refractivity contribution in [1.82, 2.24) is 0 Å². The number of hydrogen-bond donors (Lipinski definition) is 1. The smallest absolute Gasteiger partial charge is 0.326 e. The van der Waals surface area contributed by atoms with E-state index in [1.807, 2.05) is 18.2 Å². The Bertz CT molecular complexity index is 444. The molecule has 2 rings (SSSR count). The van der Waals surface area contributed by atoms with Gasteiger partial charge in [0.1, 0.15) is 11.3 Å². The zero-order chi connectivity index (χ0) is 12.5. The van der Waals surface area contributed by atoms with Gasteiger partial charge in [0.15, 0.2) is 0 Å². The molecule has 0 amide bonds. The molecule has 1 aromatic rings. The zero-order valence-corrected chi connectivity index (χ0v) is 10.2. The number of ether oxygens (including phenoxy) is 2. The molecule has 1 aromatic carbocycles. The Kier molecular flexibility index (Phi) is 3.07. The number of hydrogen-bond acceptors (Lipinski definition) is 4. The minimum Gasteiger partial charge on any atom is -0.497 e. The topological polar surface area (TPSA) is 61.5 Å².